The van der Waals surface area contributed by atoms with Gasteiger partial charge in [0.15, 0.2) is 7.14 Å². The monoisotopic (exact) mass is 642 g/mol. The number of nitrogens with zero attached hydrogens (tertiary/aromatic N) is 6. The summed E-state index contributed by atoms with van der Waals surface area (Å²) in [5, 5.41) is 2.24. The molecule has 0 radical (unpaired) electrons. The van der Waals surface area contributed by atoms with E-state index in [0.29, 0.717) is 12.2 Å². The number of imidazole rings is 2. The second-order valence-electron chi connectivity index (χ2n) is 11.5. The van der Waals surface area contributed by atoms with Gasteiger partial charge in [-0.05, 0) is 103 Å². The normalized spacial score (nSPS) is 15.6. The Morgan fingerprint density at radius 3 is 1.58 bits per heavy atom. The van der Waals surface area contributed by atoms with E-state index in [1.54, 1.807) is 6.34 Å². The summed E-state index contributed by atoms with van der Waals surface area (Å²) in [6.07, 6.45) is 13.3. The summed E-state index contributed by atoms with van der Waals surface area (Å²) in [6.45, 7) is 4.63. The van der Waals surface area contributed by atoms with E-state index in [1.165, 1.54) is 0 Å². The van der Waals surface area contributed by atoms with Crippen LogP contribution in [0.25, 0.3) is 33.4 Å². The van der Waals surface area contributed by atoms with Crippen LogP contribution in [0.5, 0.6) is 0 Å². The molecule has 0 N–H and O–H groups in total. The average Bonchev–Trinajstić information content (AvgIpc) is 3.79. The van der Waals surface area contributed by atoms with Gasteiger partial charge in [-0.25, -0.2) is 15.0 Å². The molecule has 0 unspecified atom stereocenters. The van der Waals surface area contributed by atoms with Crippen molar-refractivity contribution in [2.45, 2.75) is 0 Å². The lowest BCUT2D eigenvalue weighted by atomic mass is 10.3. The van der Waals surface area contributed by atoms with Crippen LogP contribution in [-0.4, -0.2) is 32.0 Å². The number of benzene rings is 5. The Morgan fingerprint density at radius 1 is 0.583 bits per heavy atom. The Hall–Kier alpha value is -6.04. The number of aliphatic imine (C=N–C) groups is 1. The molecule has 2 aromatic heterocycles. The summed E-state index contributed by atoms with van der Waals surface area (Å²) in [5.41, 5.74) is 7.41. The fourth-order valence-corrected chi connectivity index (χ4v) is 8.70. The van der Waals surface area contributed by atoms with Crippen LogP contribution >= 0.6 is 7.14 Å². The Morgan fingerprint density at radius 2 is 1.06 bits per heavy atom. The van der Waals surface area contributed by atoms with Gasteiger partial charge in [0.05, 0.1) is 34.1 Å². The maximum atomic E-state index is 15.6. The molecule has 0 saturated heterocycles. The van der Waals surface area contributed by atoms with Crippen LogP contribution in [0.4, 0.5) is 5.69 Å². The molecule has 0 bridgehead atoms. The Balaban J connectivity index is 1.20. The summed E-state index contributed by atoms with van der Waals surface area (Å²) < 4.78 is 19.7. The van der Waals surface area contributed by atoms with Crippen LogP contribution in [0.15, 0.2) is 176 Å². The number of aromatic nitrogens is 4. The topological polar surface area (TPSA) is 68.3 Å². The quantitative estimate of drug-likeness (QED) is 0.177. The first kappa shape index (κ1) is 29.4. The van der Waals surface area contributed by atoms with Crippen molar-refractivity contribution in [3.05, 3.63) is 171 Å². The molecule has 7 aromatic rings. The number of anilines is 1. The molecule has 5 aromatic carbocycles. The van der Waals surface area contributed by atoms with Crippen LogP contribution in [0, 0.1) is 0 Å². The smallest absolute Gasteiger partial charge is 0.171 e. The van der Waals surface area contributed by atoms with E-state index in [1.807, 2.05) is 157 Å². The zero-order valence-electron chi connectivity index (χ0n) is 26.0. The lowest BCUT2D eigenvalue weighted by Crippen LogP contribution is -2.26. The van der Waals surface area contributed by atoms with Crippen molar-refractivity contribution >= 4 is 57.1 Å². The molecule has 1 aliphatic heterocycles. The molecule has 0 atom stereocenters. The van der Waals surface area contributed by atoms with E-state index in [-0.39, 0.29) is 0 Å². The third-order valence-electron chi connectivity index (χ3n) is 8.64. The minimum Gasteiger partial charge on any atom is -0.329 e. The molecular formula is C40H31N6OP. The van der Waals surface area contributed by atoms with Crippen molar-refractivity contribution in [3.8, 4) is 11.4 Å². The molecule has 48 heavy (non-hydrogen) atoms. The molecule has 8 rings (SSSR count). The lowest BCUT2D eigenvalue weighted by molar-refractivity contribution is 0.592. The van der Waals surface area contributed by atoms with Crippen molar-refractivity contribution in [2.75, 3.05) is 11.4 Å². The molecule has 0 amide bonds. The van der Waals surface area contributed by atoms with Gasteiger partial charge in [0.25, 0.3) is 0 Å². The van der Waals surface area contributed by atoms with Gasteiger partial charge >= 0.3 is 0 Å². The minimum absolute atomic E-state index is 0.646. The molecule has 1 aliphatic rings. The number of fused-ring (bicyclic) bond motifs is 2. The Bertz CT molecular complexity index is 2290. The van der Waals surface area contributed by atoms with Gasteiger partial charge in [0.1, 0.15) is 12.7 Å². The first-order valence-corrected chi connectivity index (χ1v) is 17.4. The van der Waals surface area contributed by atoms with Gasteiger partial charge in [-0.1, -0.05) is 49.1 Å². The molecule has 232 valence electrons. The molecule has 3 heterocycles. The van der Waals surface area contributed by atoms with Crippen LogP contribution in [-0.2, 0) is 4.57 Å². The van der Waals surface area contributed by atoms with E-state index >= 15 is 4.57 Å². The fraction of sp³-hybridized carbons (Fsp3) is 0.0250. The zero-order chi connectivity index (χ0) is 32.5. The van der Waals surface area contributed by atoms with Crippen LogP contribution in [0.1, 0.15) is 0 Å². The van der Waals surface area contributed by atoms with Gasteiger partial charge in [0.2, 0.25) is 0 Å². The second kappa shape index (κ2) is 12.3. The molecule has 7 nitrogen and oxygen atoms in total. The van der Waals surface area contributed by atoms with Gasteiger partial charge in [-0.2, -0.15) is 0 Å². The van der Waals surface area contributed by atoms with Gasteiger partial charge in [-0.3, -0.25) is 9.13 Å². The SMILES string of the molecule is C=C1/C=C\C=C/CN(c2ccc(P(=O)(c3ccc(-n4cnc5ccccc54)cc3)c3ccc(-n4cnc5ccccc54)cc3)cc2)/C=N\1. The zero-order valence-corrected chi connectivity index (χ0v) is 26.9. The van der Waals surface area contributed by atoms with E-state index in [4.69, 9.17) is 0 Å². The van der Waals surface area contributed by atoms with Gasteiger partial charge in [0, 0.05) is 39.5 Å². The standard InChI is InChI=1S/C40H31N6OP/c1-30-9-3-2-8-26-44(27-41-30)31-14-20-34(21-15-31)48(47,35-22-16-32(17-23-35)45-28-42-37-10-4-6-12-39(37)45)36-24-18-33(19-25-36)46-29-43-38-11-5-7-13-40(38)46/h2-25,27-29H,1,26H2/b8-2-,9-3-,41-27-. The molecule has 0 spiro atoms. The highest BCUT2D eigenvalue weighted by Crippen LogP contribution is 2.43. The minimum atomic E-state index is -3.30. The first-order chi connectivity index (χ1) is 23.6. The van der Waals surface area contributed by atoms with Gasteiger partial charge in [-0.15, -0.1) is 0 Å². The highest BCUT2D eigenvalue weighted by Gasteiger charge is 2.30. The van der Waals surface area contributed by atoms with Crippen molar-refractivity contribution in [1.29, 1.82) is 0 Å². The van der Waals surface area contributed by atoms with Crippen molar-refractivity contribution in [1.82, 2.24) is 19.1 Å². The summed E-state index contributed by atoms with van der Waals surface area (Å²) in [7, 11) is -3.30. The Kier molecular flexibility index (Phi) is 7.52. The third kappa shape index (κ3) is 5.30. The number of rotatable bonds is 6. The van der Waals surface area contributed by atoms with E-state index < -0.39 is 7.14 Å². The van der Waals surface area contributed by atoms with E-state index in [0.717, 1.165) is 55.0 Å². The molecule has 0 fully saturated rings. The second-order valence-corrected chi connectivity index (χ2v) is 14.3. The molecule has 8 heteroatoms. The average molecular weight is 643 g/mol. The lowest BCUT2D eigenvalue weighted by Gasteiger charge is -2.23. The van der Waals surface area contributed by atoms with E-state index in [2.05, 4.69) is 36.7 Å². The molecule has 0 saturated carbocycles. The van der Waals surface area contributed by atoms with Crippen molar-refractivity contribution in [2.24, 2.45) is 4.99 Å². The molecule has 0 aliphatic carbocycles. The van der Waals surface area contributed by atoms with Crippen molar-refractivity contribution < 1.29 is 4.57 Å². The summed E-state index contributed by atoms with van der Waals surface area (Å²) >= 11 is 0. The first-order valence-electron chi connectivity index (χ1n) is 15.7. The summed E-state index contributed by atoms with van der Waals surface area (Å²) in [4.78, 5) is 15.6. The fourth-order valence-electron chi connectivity index (χ4n) is 6.10. The maximum absolute atomic E-state index is 15.6. The van der Waals surface area contributed by atoms with Crippen LogP contribution in [0.3, 0.4) is 0 Å². The highest BCUT2D eigenvalue weighted by molar-refractivity contribution is 7.85. The van der Waals surface area contributed by atoms with Crippen LogP contribution in [0.2, 0.25) is 0 Å². The van der Waals surface area contributed by atoms with Crippen LogP contribution < -0.4 is 20.8 Å². The number of allylic oxidation sites excluding steroid dienone is 3. The predicted octanol–water partition coefficient (Wildman–Crippen LogP) is 7.48. The van der Waals surface area contributed by atoms with Crippen molar-refractivity contribution in [3.63, 3.8) is 0 Å². The predicted molar refractivity (Wildman–Crippen MR) is 198 cm³/mol. The summed E-state index contributed by atoms with van der Waals surface area (Å²) in [5.74, 6) is 0. The molecular weight excluding hydrogens is 611 g/mol. The number of hydrogen-bond acceptors (Lipinski definition) is 5. The third-order valence-corrected chi connectivity index (χ3v) is 11.7. The van der Waals surface area contributed by atoms with E-state index in [9.17, 15) is 0 Å². The largest absolute Gasteiger partial charge is 0.329 e. The highest BCUT2D eigenvalue weighted by atomic mass is 31.2. The number of para-hydroxylation sites is 4. The summed E-state index contributed by atoms with van der Waals surface area (Å²) in [6, 6.07) is 40.0. The van der Waals surface area contributed by atoms with Gasteiger partial charge < -0.3 is 9.46 Å². The Labute approximate surface area is 278 Å². The number of hydrogen-bond donors (Lipinski definition) is 0. The maximum Gasteiger partial charge on any atom is 0.171 e.